The van der Waals surface area contributed by atoms with Crippen LogP contribution in [0.4, 0.5) is 4.39 Å². The summed E-state index contributed by atoms with van der Waals surface area (Å²) in [5.74, 6) is -0.564. The van der Waals surface area contributed by atoms with E-state index in [1.165, 1.54) is 23.5 Å². The van der Waals surface area contributed by atoms with Crippen molar-refractivity contribution in [1.82, 2.24) is 10.3 Å². The number of aromatic hydroxyl groups is 1. The van der Waals surface area contributed by atoms with Crippen molar-refractivity contribution < 1.29 is 14.3 Å². The molecule has 2 aromatic carbocycles. The van der Waals surface area contributed by atoms with Crippen molar-refractivity contribution in [3.8, 4) is 16.2 Å². The van der Waals surface area contributed by atoms with Gasteiger partial charge in [-0.25, -0.2) is 4.39 Å². The van der Waals surface area contributed by atoms with Gasteiger partial charge in [-0.3, -0.25) is 9.78 Å². The molecule has 2 atom stereocenters. The molecule has 0 aliphatic carbocycles. The number of carbonyl (C=O) groups excluding carboxylic acids is 1. The summed E-state index contributed by atoms with van der Waals surface area (Å²) in [6.07, 6.45) is 3.73. The summed E-state index contributed by atoms with van der Waals surface area (Å²) >= 11 is 1.29. The van der Waals surface area contributed by atoms with Gasteiger partial charge in [-0.2, -0.15) is 0 Å². The third-order valence-corrected chi connectivity index (χ3v) is 6.72. The quantitative estimate of drug-likeness (QED) is 0.295. The highest BCUT2D eigenvalue weighted by Crippen LogP contribution is 2.33. The summed E-state index contributed by atoms with van der Waals surface area (Å²) in [5, 5.41) is 13.5. The predicted octanol–water partition coefficient (Wildman–Crippen LogP) is 4.67. The highest BCUT2D eigenvalue weighted by Gasteiger charge is 2.23. The number of nitrogens with zero attached hydrogens (tertiary/aromatic N) is 1. The molecule has 6 nitrogen and oxygen atoms in total. The first-order valence-electron chi connectivity index (χ1n) is 10.8. The van der Waals surface area contributed by atoms with E-state index in [1.807, 2.05) is 12.1 Å². The van der Waals surface area contributed by atoms with Gasteiger partial charge < -0.3 is 21.9 Å². The number of pyridine rings is 1. The molecule has 6 N–H and O–H groups in total. The molecule has 2 unspecified atom stereocenters. The van der Waals surface area contributed by atoms with Crippen molar-refractivity contribution in [2.24, 2.45) is 11.5 Å². The Kier molecular flexibility index (Phi) is 7.32. The number of rotatable bonds is 8. The van der Waals surface area contributed by atoms with E-state index in [9.17, 15) is 14.3 Å². The first-order chi connectivity index (χ1) is 16.5. The lowest BCUT2D eigenvalue weighted by atomic mass is 9.95. The zero-order valence-electron chi connectivity index (χ0n) is 18.3. The monoisotopic (exact) mass is 476 g/mol. The number of halogens is 1. The fourth-order valence-corrected chi connectivity index (χ4v) is 4.81. The van der Waals surface area contributed by atoms with Gasteiger partial charge in [-0.15, -0.1) is 11.3 Å². The third kappa shape index (κ3) is 5.31. The van der Waals surface area contributed by atoms with Crippen LogP contribution in [0.15, 0.2) is 79.1 Å². The molecule has 4 rings (SSSR count). The van der Waals surface area contributed by atoms with Crippen LogP contribution in [0, 0.1) is 5.82 Å². The molecule has 0 spiro atoms. The molecule has 0 aliphatic rings. The zero-order chi connectivity index (χ0) is 24.1. The van der Waals surface area contributed by atoms with Gasteiger partial charge in [0.1, 0.15) is 11.6 Å². The van der Waals surface area contributed by atoms with E-state index in [0.717, 1.165) is 16.0 Å². The maximum Gasteiger partial charge on any atom is 0.261 e. The molecule has 0 aliphatic heterocycles. The second-order valence-corrected chi connectivity index (χ2v) is 8.97. The number of aromatic nitrogens is 1. The van der Waals surface area contributed by atoms with Crippen LogP contribution in [0.5, 0.6) is 5.75 Å². The number of nitrogens with two attached hydrogens (primary N) is 2. The molecule has 0 bridgehead atoms. The number of hydrogen-bond acceptors (Lipinski definition) is 6. The Bertz CT molecular complexity index is 1280. The molecule has 34 heavy (non-hydrogen) atoms. The van der Waals surface area contributed by atoms with Crippen molar-refractivity contribution in [2.75, 3.05) is 0 Å². The topological polar surface area (TPSA) is 114 Å². The molecule has 4 aromatic rings. The average Bonchev–Trinajstić information content (AvgIpc) is 3.34. The van der Waals surface area contributed by atoms with Gasteiger partial charge in [0.2, 0.25) is 0 Å². The Hall–Kier alpha value is -3.59. The van der Waals surface area contributed by atoms with E-state index in [4.69, 9.17) is 11.5 Å². The van der Waals surface area contributed by atoms with Gasteiger partial charge in [0, 0.05) is 35.4 Å². The number of benzene rings is 2. The SMILES string of the molecule is NCc1cc(F)ccc1-c1ccc(C(=O)NC(CC(N)c2cccnc2)c2ccccc2O)s1. The maximum atomic E-state index is 13.6. The van der Waals surface area contributed by atoms with Crippen LogP contribution in [0.25, 0.3) is 10.4 Å². The van der Waals surface area contributed by atoms with Gasteiger partial charge in [0.05, 0.1) is 10.9 Å². The Morgan fingerprint density at radius 1 is 1.12 bits per heavy atom. The smallest absolute Gasteiger partial charge is 0.261 e. The van der Waals surface area contributed by atoms with Crippen LogP contribution in [0.2, 0.25) is 0 Å². The lowest BCUT2D eigenvalue weighted by Gasteiger charge is -2.23. The fraction of sp³-hybridized carbons (Fsp3) is 0.154. The molecule has 8 heteroatoms. The summed E-state index contributed by atoms with van der Waals surface area (Å²) in [7, 11) is 0. The second-order valence-electron chi connectivity index (χ2n) is 7.88. The van der Waals surface area contributed by atoms with Crippen molar-refractivity contribution >= 4 is 17.2 Å². The number of para-hydroxylation sites is 1. The van der Waals surface area contributed by atoms with Crippen LogP contribution >= 0.6 is 11.3 Å². The number of hydrogen-bond donors (Lipinski definition) is 4. The Morgan fingerprint density at radius 3 is 2.68 bits per heavy atom. The summed E-state index contributed by atoms with van der Waals surface area (Å²) in [6.45, 7) is 0.189. The summed E-state index contributed by atoms with van der Waals surface area (Å²) in [4.78, 5) is 18.6. The van der Waals surface area contributed by atoms with Crippen molar-refractivity contribution in [3.05, 3.63) is 107 Å². The molecule has 0 saturated heterocycles. The Labute approximate surface area is 201 Å². The highest BCUT2D eigenvalue weighted by molar-refractivity contribution is 7.17. The molecule has 174 valence electrons. The second kappa shape index (κ2) is 10.6. The van der Waals surface area contributed by atoms with E-state index in [0.29, 0.717) is 22.4 Å². The number of phenolic OH excluding ortho intramolecular Hbond substituents is 1. The Balaban J connectivity index is 1.58. The third-order valence-electron chi connectivity index (χ3n) is 5.60. The van der Waals surface area contributed by atoms with Crippen LogP contribution in [0.1, 0.15) is 44.9 Å². The van der Waals surface area contributed by atoms with Gasteiger partial charge in [0.15, 0.2) is 0 Å². The fourth-order valence-electron chi connectivity index (χ4n) is 3.84. The minimum atomic E-state index is -0.528. The summed E-state index contributed by atoms with van der Waals surface area (Å²) < 4.78 is 13.6. The molecule has 0 radical (unpaired) electrons. The summed E-state index contributed by atoms with van der Waals surface area (Å²) in [5.41, 5.74) is 15.1. The van der Waals surface area contributed by atoms with Crippen LogP contribution in [-0.2, 0) is 6.54 Å². The van der Waals surface area contributed by atoms with E-state index >= 15 is 0 Å². The van der Waals surface area contributed by atoms with Gasteiger partial charge in [-0.1, -0.05) is 30.3 Å². The van der Waals surface area contributed by atoms with Crippen LogP contribution in [0.3, 0.4) is 0 Å². The van der Waals surface area contributed by atoms with Crippen LogP contribution < -0.4 is 16.8 Å². The lowest BCUT2D eigenvalue weighted by Crippen LogP contribution is -2.30. The van der Waals surface area contributed by atoms with E-state index in [-0.39, 0.29) is 24.0 Å². The van der Waals surface area contributed by atoms with Crippen molar-refractivity contribution in [2.45, 2.75) is 25.0 Å². The Morgan fingerprint density at radius 2 is 1.94 bits per heavy atom. The first-order valence-corrected chi connectivity index (χ1v) is 11.6. The maximum absolute atomic E-state index is 13.6. The molecule has 0 saturated carbocycles. The first kappa shape index (κ1) is 23.6. The number of amides is 1. The summed E-state index contributed by atoms with van der Waals surface area (Å²) in [6, 6.07) is 17.6. The van der Waals surface area contributed by atoms with Gasteiger partial charge in [-0.05, 0) is 59.5 Å². The van der Waals surface area contributed by atoms with Gasteiger partial charge >= 0.3 is 0 Å². The zero-order valence-corrected chi connectivity index (χ0v) is 19.1. The van der Waals surface area contributed by atoms with E-state index in [2.05, 4.69) is 10.3 Å². The molecule has 2 aromatic heterocycles. The molecule has 2 heterocycles. The molecule has 1 amide bonds. The minimum absolute atomic E-state index is 0.0805. The standard InChI is InChI=1S/C26H25FN4O2S/c27-18-7-8-19(17(12-18)14-28)24-9-10-25(34-24)26(33)31-22(20-5-1-2-6-23(20)32)13-21(29)16-4-3-11-30-15-16/h1-12,15,21-22,32H,13-14,28-29H2,(H,31,33). The molecular weight excluding hydrogens is 451 g/mol. The average molecular weight is 477 g/mol. The van der Waals surface area contributed by atoms with Gasteiger partial charge in [0.25, 0.3) is 5.91 Å². The van der Waals surface area contributed by atoms with E-state index in [1.54, 1.807) is 54.9 Å². The normalized spacial score (nSPS) is 12.8. The van der Waals surface area contributed by atoms with Crippen molar-refractivity contribution in [3.63, 3.8) is 0 Å². The van der Waals surface area contributed by atoms with Crippen molar-refractivity contribution in [1.29, 1.82) is 0 Å². The number of carbonyl (C=O) groups is 1. The van der Waals surface area contributed by atoms with Crippen LogP contribution in [-0.4, -0.2) is 16.0 Å². The molecule has 0 fully saturated rings. The molecular formula is C26H25FN4O2S. The lowest BCUT2D eigenvalue weighted by molar-refractivity contribution is 0.0937. The van der Waals surface area contributed by atoms with E-state index < -0.39 is 12.1 Å². The number of nitrogens with one attached hydrogen (secondary N) is 1. The number of phenols is 1. The number of thiophene rings is 1. The largest absolute Gasteiger partial charge is 0.508 e. The minimum Gasteiger partial charge on any atom is -0.508 e. The predicted molar refractivity (Wildman–Crippen MR) is 132 cm³/mol. The highest BCUT2D eigenvalue weighted by atomic mass is 32.1.